The van der Waals surface area contributed by atoms with Crippen LogP contribution in [0, 0.1) is 0 Å². The van der Waals surface area contributed by atoms with Crippen molar-refractivity contribution in [3.63, 3.8) is 0 Å². The lowest BCUT2D eigenvalue weighted by Crippen LogP contribution is -2.25. The highest BCUT2D eigenvalue weighted by Crippen LogP contribution is 1.90. The van der Waals surface area contributed by atoms with Crippen LogP contribution in [0.5, 0.6) is 0 Å². The van der Waals surface area contributed by atoms with E-state index < -0.39 is 12.6 Å². The molecule has 0 fully saturated rings. The number of hydrogen-bond acceptors (Lipinski definition) is 11. The van der Waals surface area contributed by atoms with Crippen LogP contribution in [0.2, 0.25) is 0 Å². The van der Waals surface area contributed by atoms with E-state index >= 15 is 0 Å². The van der Waals surface area contributed by atoms with Crippen LogP contribution in [-0.4, -0.2) is 149 Å². The molecule has 0 spiro atoms. The van der Waals surface area contributed by atoms with Crippen molar-refractivity contribution in [3.05, 3.63) is 0 Å². The van der Waals surface area contributed by atoms with Crippen LogP contribution in [0.1, 0.15) is 19.3 Å². The second kappa shape index (κ2) is 32.7. The van der Waals surface area contributed by atoms with Crippen molar-refractivity contribution in [2.24, 2.45) is 0 Å². The molecule has 0 atom stereocenters. The molecule has 0 aliphatic heterocycles. The number of carbonyl (C=O) groups is 2. The van der Waals surface area contributed by atoms with Gasteiger partial charge in [0.1, 0.15) is 6.67 Å². The number of rotatable bonds is 33. The molecular weight excluding hydrogens is 525 g/mol. The van der Waals surface area contributed by atoms with Crippen molar-refractivity contribution in [2.45, 2.75) is 19.3 Å². The fraction of sp³-hybridized carbons (Fsp3) is 0.920. The summed E-state index contributed by atoms with van der Waals surface area (Å²) in [6, 6.07) is 0. The highest BCUT2D eigenvalue weighted by atomic mass is 19.1. The molecule has 14 heteroatoms. The van der Waals surface area contributed by atoms with Crippen LogP contribution in [0.3, 0.4) is 0 Å². The highest BCUT2D eigenvalue weighted by Gasteiger charge is 2.04. The summed E-state index contributed by atoms with van der Waals surface area (Å²) in [6.45, 7) is 7.95. The Morgan fingerprint density at radius 1 is 0.487 bits per heavy atom. The molecule has 232 valence electrons. The summed E-state index contributed by atoms with van der Waals surface area (Å²) in [5.74, 6) is -1.25. The van der Waals surface area contributed by atoms with Gasteiger partial charge < -0.3 is 53.1 Å². The third-order valence-corrected chi connectivity index (χ3v) is 4.55. The molecule has 0 aliphatic carbocycles. The summed E-state index contributed by atoms with van der Waals surface area (Å²) in [5, 5.41) is 11.1. The van der Waals surface area contributed by atoms with Gasteiger partial charge in [-0.3, -0.25) is 9.59 Å². The molecule has 2 N–H and O–H groups in total. The van der Waals surface area contributed by atoms with Gasteiger partial charge in [-0.2, -0.15) is 0 Å². The number of ether oxygens (including phenoxy) is 9. The summed E-state index contributed by atoms with van der Waals surface area (Å²) in [7, 11) is 0. The molecule has 0 aromatic rings. The summed E-state index contributed by atoms with van der Waals surface area (Å²) >= 11 is 0. The Morgan fingerprint density at radius 2 is 0.795 bits per heavy atom. The molecule has 0 saturated heterocycles. The minimum atomic E-state index is -0.984. The summed E-state index contributed by atoms with van der Waals surface area (Å²) in [4.78, 5) is 21.7. The zero-order valence-electron chi connectivity index (χ0n) is 23.1. The Labute approximate surface area is 230 Å². The van der Waals surface area contributed by atoms with Gasteiger partial charge in [-0.25, -0.2) is 4.39 Å². The summed E-state index contributed by atoms with van der Waals surface area (Å²) in [6.07, 6.45) is 0.475. The minimum Gasteiger partial charge on any atom is -0.481 e. The largest absolute Gasteiger partial charge is 0.481 e. The van der Waals surface area contributed by atoms with E-state index in [2.05, 4.69) is 5.32 Å². The Hall–Kier alpha value is -1.49. The maximum absolute atomic E-state index is 11.8. The molecule has 0 aromatic carbocycles. The molecule has 0 radical (unpaired) electrons. The van der Waals surface area contributed by atoms with Crippen LogP contribution >= 0.6 is 0 Å². The van der Waals surface area contributed by atoms with E-state index in [9.17, 15) is 14.0 Å². The standard InChI is InChI=1S/C25H48FNO12/c26-4-7-32-9-11-34-13-15-36-17-19-38-21-23-39-22-20-37-18-16-35-14-12-33-10-8-31-6-1-5-27-24(28)2-3-25(29)30/h1-23H2,(H,27,28)(H,29,30). The maximum Gasteiger partial charge on any atom is 0.303 e. The van der Waals surface area contributed by atoms with Crippen LogP contribution in [0.25, 0.3) is 0 Å². The Kier molecular flexibility index (Phi) is 31.5. The van der Waals surface area contributed by atoms with Gasteiger partial charge in [0.2, 0.25) is 5.91 Å². The quantitative estimate of drug-likeness (QED) is 0.105. The smallest absolute Gasteiger partial charge is 0.303 e. The van der Waals surface area contributed by atoms with Crippen molar-refractivity contribution in [3.8, 4) is 0 Å². The van der Waals surface area contributed by atoms with Gasteiger partial charge in [-0.05, 0) is 6.42 Å². The van der Waals surface area contributed by atoms with E-state index in [0.29, 0.717) is 125 Å². The summed E-state index contributed by atoms with van der Waals surface area (Å²) < 4.78 is 59.8. The Morgan fingerprint density at radius 3 is 1.10 bits per heavy atom. The normalized spacial score (nSPS) is 11.2. The topological polar surface area (TPSA) is 149 Å². The Balaban J connectivity index is 3.07. The van der Waals surface area contributed by atoms with E-state index in [1.165, 1.54) is 0 Å². The predicted octanol–water partition coefficient (Wildman–Crippen LogP) is 0.476. The number of amides is 1. The van der Waals surface area contributed by atoms with Crippen LogP contribution in [0.15, 0.2) is 0 Å². The third-order valence-electron chi connectivity index (χ3n) is 4.55. The fourth-order valence-corrected chi connectivity index (χ4v) is 2.63. The molecule has 0 heterocycles. The van der Waals surface area contributed by atoms with Gasteiger partial charge in [-0.1, -0.05) is 0 Å². The molecule has 13 nitrogen and oxygen atoms in total. The van der Waals surface area contributed by atoms with Crippen molar-refractivity contribution >= 4 is 11.9 Å². The molecular formula is C25H48FNO12. The Bertz CT molecular complexity index is 533. The number of alkyl halides is 1. The first kappa shape index (κ1) is 37.5. The van der Waals surface area contributed by atoms with Crippen molar-refractivity contribution < 1.29 is 61.7 Å². The van der Waals surface area contributed by atoms with E-state index in [1.54, 1.807) is 0 Å². The molecule has 1 amide bonds. The van der Waals surface area contributed by atoms with Gasteiger partial charge in [0, 0.05) is 19.6 Å². The SMILES string of the molecule is O=C(O)CCC(=O)NCCCOCCOCCOCCOCCOCCOCCOCCOCCOCCF. The fourth-order valence-electron chi connectivity index (χ4n) is 2.63. The molecule has 0 unspecified atom stereocenters. The van der Waals surface area contributed by atoms with Gasteiger partial charge in [-0.15, -0.1) is 0 Å². The highest BCUT2D eigenvalue weighted by molar-refractivity contribution is 5.80. The van der Waals surface area contributed by atoms with E-state index in [-0.39, 0.29) is 25.4 Å². The van der Waals surface area contributed by atoms with E-state index in [4.69, 9.17) is 47.7 Å². The number of halogens is 1. The number of carboxylic acid groups (broad SMARTS) is 1. The van der Waals surface area contributed by atoms with Crippen LogP contribution in [-0.2, 0) is 52.2 Å². The maximum atomic E-state index is 11.8. The van der Waals surface area contributed by atoms with Gasteiger partial charge >= 0.3 is 5.97 Å². The average Bonchev–Trinajstić information content (AvgIpc) is 2.93. The monoisotopic (exact) mass is 573 g/mol. The van der Waals surface area contributed by atoms with E-state index in [0.717, 1.165) is 0 Å². The molecule has 0 aliphatic rings. The van der Waals surface area contributed by atoms with Crippen molar-refractivity contribution in [1.82, 2.24) is 5.32 Å². The molecule has 0 saturated carbocycles. The lowest BCUT2D eigenvalue weighted by atomic mass is 10.3. The first-order valence-corrected chi connectivity index (χ1v) is 13.4. The van der Waals surface area contributed by atoms with Gasteiger partial charge in [0.05, 0.1) is 119 Å². The van der Waals surface area contributed by atoms with Crippen molar-refractivity contribution in [2.75, 3.05) is 132 Å². The van der Waals surface area contributed by atoms with E-state index in [1.807, 2.05) is 0 Å². The third kappa shape index (κ3) is 34.5. The number of carbonyl (C=O) groups excluding carboxylic acids is 1. The molecule has 0 bridgehead atoms. The first-order valence-electron chi connectivity index (χ1n) is 13.4. The summed E-state index contributed by atoms with van der Waals surface area (Å²) in [5.41, 5.74) is 0. The molecule has 0 aromatic heterocycles. The van der Waals surface area contributed by atoms with Crippen LogP contribution < -0.4 is 5.32 Å². The molecule has 39 heavy (non-hydrogen) atoms. The first-order chi connectivity index (χ1) is 19.2. The van der Waals surface area contributed by atoms with Gasteiger partial charge in [0.15, 0.2) is 0 Å². The lowest BCUT2D eigenvalue weighted by molar-refractivity contribution is -0.138. The zero-order chi connectivity index (χ0) is 28.5. The zero-order valence-corrected chi connectivity index (χ0v) is 23.1. The van der Waals surface area contributed by atoms with Crippen molar-refractivity contribution in [1.29, 1.82) is 0 Å². The van der Waals surface area contributed by atoms with Gasteiger partial charge in [0.25, 0.3) is 0 Å². The second-order valence-electron chi connectivity index (χ2n) is 7.80. The number of hydrogen-bond donors (Lipinski definition) is 2. The average molecular weight is 574 g/mol. The lowest BCUT2D eigenvalue weighted by Gasteiger charge is -2.09. The number of nitrogens with one attached hydrogen (secondary N) is 1. The van der Waals surface area contributed by atoms with Crippen LogP contribution in [0.4, 0.5) is 4.39 Å². The number of carboxylic acids is 1. The molecule has 0 rings (SSSR count). The minimum absolute atomic E-state index is 0.0110. The predicted molar refractivity (Wildman–Crippen MR) is 138 cm³/mol. The number of aliphatic carboxylic acids is 1. The second-order valence-corrected chi connectivity index (χ2v) is 7.80.